The van der Waals surface area contributed by atoms with Gasteiger partial charge in [-0.15, -0.1) is 0 Å². The number of ether oxygens (including phenoxy) is 1. The lowest BCUT2D eigenvalue weighted by atomic mass is 9.82. The lowest BCUT2D eigenvalue weighted by Gasteiger charge is -2.35. The molecule has 2 aromatic rings. The summed E-state index contributed by atoms with van der Waals surface area (Å²) in [6, 6.07) is 11.8. The van der Waals surface area contributed by atoms with E-state index in [2.05, 4.69) is 10.3 Å². The SMILES string of the molecule is N#Cc1ccc(-c2ccc(OC[C@@H]3CC(F)(F)CC[C@@H]3NC(=O)O)cc2)nc1. The second-order valence-electron chi connectivity index (χ2n) is 6.79. The van der Waals surface area contributed by atoms with Gasteiger partial charge in [0, 0.05) is 36.6 Å². The molecule has 1 aliphatic rings. The molecule has 146 valence electrons. The Labute approximate surface area is 160 Å². The molecule has 6 nitrogen and oxygen atoms in total. The molecule has 0 aliphatic heterocycles. The van der Waals surface area contributed by atoms with Gasteiger partial charge in [-0.25, -0.2) is 13.6 Å². The molecule has 1 aliphatic carbocycles. The maximum Gasteiger partial charge on any atom is 0.404 e. The number of hydrogen-bond acceptors (Lipinski definition) is 4. The van der Waals surface area contributed by atoms with Crippen molar-refractivity contribution in [3.8, 4) is 23.1 Å². The zero-order valence-electron chi connectivity index (χ0n) is 14.9. The summed E-state index contributed by atoms with van der Waals surface area (Å²) in [5, 5.41) is 20.0. The number of nitrogens with zero attached hydrogens (tertiary/aromatic N) is 2. The van der Waals surface area contributed by atoms with Crippen LogP contribution in [0.4, 0.5) is 13.6 Å². The van der Waals surface area contributed by atoms with Crippen LogP contribution in [0, 0.1) is 17.2 Å². The molecule has 1 saturated carbocycles. The molecule has 0 spiro atoms. The first-order chi connectivity index (χ1) is 13.4. The number of amides is 1. The summed E-state index contributed by atoms with van der Waals surface area (Å²) >= 11 is 0. The number of alkyl halides is 2. The van der Waals surface area contributed by atoms with Crippen molar-refractivity contribution in [3.05, 3.63) is 48.2 Å². The summed E-state index contributed by atoms with van der Waals surface area (Å²) in [5.41, 5.74) is 1.99. The monoisotopic (exact) mass is 387 g/mol. The standard InChI is InChI=1S/C20H19F2N3O3/c21-20(22)8-7-18(25-19(26)27)15(9-20)12-28-16-4-2-14(3-5-16)17-6-1-13(10-23)11-24-17/h1-6,11,15,18,25H,7-9,12H2,(H,26,27)/t15-,18-/m0/s1. The third-order valence-corrected chi connectivity index (χ3v) is 4.77. The average molecular weight is 387 g/mol. The van der Waals surface area contributed by atoms with Crippen LogP contribution < -0.4 is 10.1 Å². The fourth-order valence-corrected chi connectivity index (χ4v) is 3.31. The van der Waals surface area contributed by atoms with Gasteiger partial charge in [0.2, 0.25) is 5.92 Å². The highest BCUT2D eigenvalue weighted by atomic mass is 19.3. The van der Waals surface area contributed by atoms with Crippen LogP contribution >= 0.6 is 0 Å². The van der Waals surface area contributed by atoms with Crippen LogP contribution in [0.25, 0.3) is 11.3 Å². The summed E-state index contributed by atoms with van der Waals surface area (Å²) in [6.07, 6.45) is -0.402. The van der Waals surface area contributed by atoms with E-state index in [1.54, 1.807) is 36.4 Å². The Morgan fingerprint density at radius 1 is 1.32 bits per heavy atom. The molecule has 2 N–H and O–H groups in total. The highest BCUT2D eigenvalue weighted by molar-refractivity contribution is 5.65. The third-order valence-electron chi connectivity index (χ3n) is 4.77. The van der Waals surface area contributed by atoms with E-state index >= 15 is 0 Å². The number of nitrogens with one attached hydrogen (secondary N) is 1. The van der Waals surface area contributed by atoms with E-state index < -0.39 is 30.4 Å². The molecule has 0 saturated heterocycles. The Kier molecular flexibility index (Phi) is 5.73. The zero-order valence-corrected chi connectivity index (χ0v) is 14.9. The molecule has 2 atom stereocenters. The lowest BCUT2D eigenvalue weighted by Crippen LogP contribution is -2.48. The van der Waals surface area contributed by atoms with Crippen LogP contribution in [0.2, 0.25) is 0 Å². The van der Waals surface area contributed by atoms with Crippen molar-refractivity contribution in [2.24, 2.45) is 5.92 Å². The van der Waals surface area contributed by atoms with Crippen molar-refractivity contribution in [2.75, 3.05) is 6.61 Å². The highest BCUT2D eigenvalue weighted by Gasteiger charge is 2.42. The Balaban J connectivity index is 1.64. The van der Waals surface area contributed by atoms with Crippen LogP contribution in [-0.4, -0.2) is 34.8 Å². The summed E-state index contributed by atoms with van der Waals surface area (Å²) < 4.78 is 33.1. The fraction of sp³-hybridized carbons (Fsp3) is 0.350. The first-order valence-electron chi connectivity index (χ1n) is 8.83. The molecule has 28 heavy (non-hydrogen) atoms. The maximum atomic E-state index is 13.7. The largest absolute Gasteiger partial charge is 0.493 e. The van der Waals surface area contributed by atoms with E-state index in [1.165, 1.54) is 6.20 Å². The molecule has 1 amide bonds. The highest BCUT2D eigenvalue weighted by Crippen LogP contribution is 2.37. The van der Waals surface area contributed by atoms with Gasteiger partial charge in [0.1, 0.15) is 11.8 Å². The Morgan fingerprint density at radius 3 is 2.68 bits per heavy atom. The van der Waals surface area contributed by atoms with Crippen molar-refractivity contribution >= 4 is 6.09 Å². The van der Waals surface area contributed by atoms with Crippen LogP contribution in [0.15, 0.2) is 42.6 Å². The second-order valence-corrected chi connectivity index (χ2v) is 6.79. The molecule has 1 aromatic carbocycles. The number of carbonyl (C=O) groups is 1. The van der Waals surface area contributed by atoms with E-state index in [9.17, 15) is 13.6 Å². The van der Waals surface area contributed by atoms with E-state index in [1.807, 2.05) is 6.07 Å². The van der Waals surface area contributed by atoms with Crippen molar-refractivity contribution in [1.82, 2.24) is 10.3 Å². The normalized spacial score (nSPS) is 20.8. The number of pyridine rings is 1. The number of hydrogen-bond donors (Lipinski definition) is 2. The lowest BCUT2D eigenvalue weighted by molar-refractivity contribution is -0.0677. The number of nitriles is 1. The van der Waals surface area contributed by atoms with Crippen LogP contribution in [0.1, 0.15) is 24.8 Å². The second kappa shape index (κ2) is 8.21. The molecule has 1 aromatic heterocycles. The molecule has 0 bridgehead atoms. The van der Waals surface area contributed by atoms with Gasteiger partial charge in [0.25, 0.3) is 0 Å². The average Bonchev–Trinajstić information content (AvgIpc) is 2.68. The fourth-order valence-electron chi connectivity index (χ4n) is 3.31. The minimum Gasteiger partial charge on any atom is -0.493 e. The number of rotatable bonds is 5. The Hall–Kier alpha value is -3.21. The predicted molar refractivity (Wildman–Crippen MR) is 97.1 cm³/mol. The van der Waals surface area contributed by atoms with Gasteiger partial charge in [0.15, 0.2) is 0 Å². The summed E-state index contributed by atoms with van der Waals surface area (Å²) in [6.45, 7) is -0.00496. The van der Waals surface area contributed by atoms with E-state index in [-0.39, 0.29) is 19.4 Å². The smallest absolute Gasteiger partial charge is 0.404 e. The zero-order chi connectivity index (χ0) is 20.1. The topological polar surface area (TPSA) is 95.2 Å². The number of carboxylic acid groups (broad SMARTS) is 1. The van der Waals surface area contributed by atoms with Gasteiger partial charge in [-0.1, -0.05) is 0 Å². The van der Waals surface area contributed by atoms with E-state index in [0.717, 1.165) is 5.56 Å². The molecule has 0 unspecified atom stereocenters. The number of halogens is 2. The maximum absolute atomic E-state index is 13.7. The summed E-state index contributed by atoms with van der Waals surface area (Å²) in [5.74, 6) is -2.92. The van der Waals surface area contributed by atoms with Crippen LogP contribution in [0.3, 0.4) is 0 Å². The van der Waals surface area contributed by atoms with Crippen LogP contribution in [0.5, 0.6) is 5.75 Å². The van der Waals surface area contributed by atoms with Crippen molar-refractivity contribution in [2.45, 2.75) is 31.2 Å². The van der Waals surface area contributed by atoms with E-state index in [4.69, 9.17) is 15.1 Å². The van der Waals surface area contributed by atoms with Crippen LogP contribution in [-0.2, 0) is 0 Å². The first kappa shape index (κ1) is 19.5. The summed E-state index contributed by atoms with van der Waals surface area (Å²) in [4.78, 5) is 15.1. The summed E-state index contributed by atoms with van der Waals surface area (Å²) in [7, 11) is 0. The van der Waals surface area contributed by atoms with Gasteiger partial charge in [-0.2, -0.15) is 5.26 Å². The molecule has 1 fully saturated rings. The van der Waals surface area contributed by atoms with Crippen molar-refractivity contribution < 1.29 is 23.4 Å². The number of benzene rings is 1. The minimum absolute atomic E-state index is 0.00496. The molecular weight excluding hydrogens is 368 g/mol. The molecule has 3 rings (SSSR count). The van der Waals surface area contributed by atoms with Gasteiger partial charge in [-0.05, 0) is 42.8 Å². The van der Waals surface area contributed by atoms with Gasteiger partial charge in [-0.3, -0.25) is 4.98 Å². The van der Waals surface area contributed by atoms with Gasteiger partial charge < -0.3 is 15.2 Å². The Bertz CT molecular complexity index is 864. The predicted octanol–water partition coefficient (Wildman–Crippen LogP) is 4.07. The van der Waals surface area contributed by atoms with Gasteiger partial charge in [0.05, 0.1) is 17.9 Å². The minimum atomic E-state index is -2.81. The first-order valence-corrected chi connectivity index (χ1v) is 8.83. The van der Waals surface area contributed by atoms with Gasteiger partial charge >= 0.3 is 6.09 Å². The quantitative estimate of drug-likeness (QED) is 0.806. The van der Waals surface area contributed by atoms with Crippen molar-refractivity contribution in [3.63, 3.8) is 0 Å². The molecule has 8 heteroatoms. The van der Waals surface area contributed by atoms with Crippen molar-refractivity contribution in [1.29, 1.82) is 5.26 Å². The molecular formula is C20H19F2N3O3. The van der Waals surface area contributed by atoms with E-state index in [0.29, 0.717) is 17.0 Å². The molecule has 1 heterocycles. The number of aromatic nitrogens is 1. The molecule has 0 radical (unpaired) electrons. The third kappa shape index (κ3) is 4.94. The Morgan fingerprint density at radius 2 is 2.07 bits per heavy atom.